The molecule has 0 spiro atoms. The van der Waals surface area contributed by atoms with E-state index in [1.54, 1.807) is 0 Å². The van der Waals surface area contributed by atoms with Gasteiger partial charge < -0.3 is 0 Å². The van der Waals surface area contributed by atoms with E-state index in [-0.39, 0.29) is 1.43 Å². The highest BCUT2D eigenvalue weighted by atomic mass is 16.1. The molecule has 0 heterocycles. The topological polar surface area (TPSA) is 17.1 Å². The molecule has 0 aliphatic heterocycles. The van der Waals surface area contributed by atoms with Crippen LogP contribution in [0.25, 0.3) is 0 Å². The standard InChI is InChI=1S/C7H14O/c1-3-5-7(8)6-4-2/h3-6H2,1-2H3/p+1. The van der Waals surface area contributed by atoms with Gasteiger partial charge in [0.05, 0.1) is 0 Å². The monoisotopic (exact) mass is 115 g/mol. The quantitative estimate of drug-likeness (QED) is 0.549. The second kappa shape index (κ2) is 4.82. The van der Waals surface area contributed by atoms with Crippen molar-refractivity contribution in [3.63, 3.8) is 0 Å². The molecule has 0 bridgehead atoms. The zero-order chi connectivity index (χ0) is 6.41. The van der Waals surface area contributed by atoms with Gasteiger partial charge in [-0.2, -0.15) is 0 Å². The third-order valence-corrected chi connectivity index (χ3v) is 1.06. The van der Waals surface area contributed by atoms with Crippen LogP contribution in [-0.2, 0) is 4.79 Å². The lowest BCUT2D eigenvalue weighted by Crippen LogP contribution is -1.93. The molecule has 8 heavy (non-hydrogen) atoms. The Morgan fingerprint density at radius 3 is 1.88 bits per heavy atom. The molecule has 0 aliphatic rings. The SMILES string of the molecule is CCCC(=O)CCC.[H+]. The Morgan fingerprint density at radius 1 is 1.25 bits per heavy atom. The van der Waals surface area contributed by atoms with Crippen molar-refractivity contribution in [1.29, 1.82) is 0 Å². The maximum absolute atomic E-state index is 10.6. The minimum absolute atomic E-state index is 0. The van der Waals surface area contributed by atoms with Crippen molar-refractivity contribution in [1.82, 2.24) is 0 Å². The summed E-state index contributed by atoms with van der Waals surface area (Å²) in [6, 6.07) is 0. The van der Waals surface area contributed by atoms with E-state index < -0.39 is 0 Å². The third kappa shape index (κ3) is 3.85. The van der Waals surface area contributed by atoms with Gasteiger partial charge in [0.2, 0.25) is 0 Å². The van der Waals surface area contributed by atoms with E-state index in [9.17, 15) is 4.79 Å². The first-order chi connectivity index (χ1) is 3.81. The Morgan fingerprint density at radius 2 is 1.62 bits per heavy atom. The molecule has 0 aromatic heterocycles. The second-order valence-electron chi connectivity index (χ2n) is 2.04. The molecule has 0 aliphatic carbocycles. The molecular formula is C7H15O+. The predicted octanol–water partition coefficient (Wildman–Crippen LogP) is 2.27. The minimum Gasteiger partial charge on any atom is -0.300 e. The first kappa shape index (κ1) is 7.67. The van der Waals surface area contributed by atoms with Crippen LogP contribution in [0.4, 0.5) is 0 Å². The largest absolute Gasteiger partial charge is 1.00 e. The summed E-state index contributed by atoms with van der Waals surface area (Å²) in [7, 11) is 0. The molecule has 0 rings (SSSR count). The van der Waals surface area contributed by atoms with Crippen molar-refractivity contribution in [3.05, 3.63) is 0 Å². The summed E-state index contributed by atoms with van der Waals surface area (Å²) >= 11 is 0. The molecule has 0 saturated carbocycles. The molecule has 0 saturated heterocycles. The van der Waals surface area contributed by atoms with Gasteiger partial charge in [0.1, 0.15) is 5.78 Å². The van der Waals surface area contributed by atoms with Gasteiger partial charge in [0.15, 0.2) is 0 Å². The van der Waals surface area contributed by atoms with Crippen molar-refractivity contribution in [2.75, 3.05) is 0 Å². The number of carbonyl (C=O) groups excluding carboxylic acids is 1. The van der Waals surface area contributed by atoms with E-state index in [1.165, 1.54) is 0 Å². The summed E-state index contributed by atoms with van der Waals surface area (Å²) in [5.41, 5.74) is 0. The normalized spacial score (nSPS) is 9.25. The molecule has 0 aromatic rings. The first-order valence-corrected chi connectivity index (χ1v) is 3.33. The van der Waals surface area contributed by atoms with Gasteiger partial charge in [-0.1, -0.05) is 13.8 Å². The second-order valence-corrected chi connectivity index (χ2v) is 2.04. The van der Waals surface area contributed by atoms with Crippen LogP contribution in [-0.4, -0.2) is 5.78 Å². The summed E-state index contributed by atoms with van der Waals surface area (Å²) < 4.78 is 0. The first-order valence-electron chi connectivity index (χ1n) is 3.33. The van der Waals surface area contributed by atoms with Crippen molar-refractivity contribution in [2.45, 2.75) is 39.5 Å². The van der Waals surface area contributed by atoms with Crippen LogP contribution in [0.3, 0.4) is 0 Å². The smallest absolute Gasteiger partial charge is 0.300 e. The molecular weight excluding hydrogens is 100 g/mol. The zero-order valence-electron chi connectivity index (χ0n) is 6.74. The van der Waals surface area contributed by atoms with Crippen LogP contribution in [0.2, 0.25) is 0 Å². The molecule has 0 amide bonds. The Balaban J connectivity index is 0. The van der Waals surface area contributed by atoms with Crippen LogP contribution < -0.4 is 0 Å². The lowest BCUT2D eigenvalue weighted by atomic mass is 10.1. The number of hydrogen-bond donors (Lipinski definition) is 0. The lowest BCUT2D eigenvalue weighted by molar-refractivity contribution is -0.119. The van der Waals surface area contributed by atoms with E-state index >= 15 is 0 Å². The molecule has 0 aromatic carbocycles. The molecule has 48 valence electrons. The molecule has 0 fully saturated rings. The molecule has 0 radical (unpaired) electrons. The van der Waals surface area contributed by atoms with Crippen LogP contribution in [0.1, 0.15) is 41.0 Å². The van der Waals surface area contributed by atoms with Crippen LogP contribution in [0.5, 0.6) is 0 Å². The van der Waals surface area contributed by atoms with Gasteiger partial charge in [0, 0.05) is 12.8 Å². The average molecular weight is 115 g/mol. The Kier molecular flexibility index (Phi) is 4.62. The Hall–Kier alpha value is -0.330. The lowest BCUT2D eigenvalue weighted by Gasteiger charge is -1.91. The number of Topliss-reactive ketones (excluding diaryl/α,β-unsaturated/α-hetero) is 1. The van der Waals surface area contributed by atoms with Crippen molar-refractivity contribution in [2.24, 2.45) is 0 Å². The fraction of sp³-hybridized carbons (Fsp3) is 0.857. The van der Waals surface area contributed by atoms with E-state index in [1.807, 2.05) is 13.8 Å². The zero-order valence-corrected chi connectivity index (χ0v) is 5.74. The van der Waals surface area contributed by atoms with E-state index in [4.69, 9.17) is 0 Å². The third-order valence-electron chi connectivity index (χ3n) is 1.06. The summed E-state index contributed by atoms with van der Waals surface area (Å²) in [6.45, 7) is 4.07. The van der Waals surface area contributed by atoms with Crippen LogP contribution in [0.15, 0.2) is 0 Å². The maximum Gasteiger partial charge on any atom is 1.00 e. The van der Waals surface area contributed by atoms with E-state index in [0.717, 1.165) is 25.7 Å². The van der Waals surface area contributed by atoms with Gasteiger partial charge in [-0.25, -0.2) is 0 Å². The van der Waals surface area contributed by atoms with Crippen molar-refractivity contribution in [3.8, 4) is 0 Å². The summed E-state index contributed by atoms with van der Waals surface area (Å²) in [4.78, 5) is 10.6. The van der Waals surface area contributed by atoms with Crippen LogP contribution in [0, 0.1) is 0 Å². The van der Waals surface area contributed by atoms with Crippen molar-refractivity contribution < 1.29 is 6.22 Å². The van der Waals surface area contributed by atoms with Crippen LogP contribution >= 0.6 is 0 Å². The number of carbonyl (C=O) groups is 1. The van der Waals surface area contributed by atoms with Gasteiger partial charge in [-0.3, -0.25) is 4.79 Å². The fourth-order valence-electron chi connectivity index (χ4n) is 0.683. The summed E-state index contributed by atoms with van der Waals surface area (Å²) in [6.07, 6.45) is 3.54. The van der Waals surface area contributed by atoms with Gasteiger partial charge >= 0.3 is 1.43 Å². The molecule has 1 heteroatoms. The highest BCUT2D eigenvalue weighted by molar-refractivity contribution is 5.78. The molecule has 1 nitrogen and oxygen atoms in total. The maximum atomic E-state index is 10.6. The number of rotatable bonds is 4. The van der Waals surface area contributed by atoms with Gasteiger partial charge in [-0.15, -0.1) is 0 Å². The van der Waals surface area contributed by atoms with E-state index in [0.29, 0.717) is 5.78 Å². The fourth-order valence-corrected chi connectivity index (χ4v) is 0.683. The van der Waals surface area contributed by atoms with Gasteiger partial charge in [-0.05, 0) is 12.8 Å². The Labute approximate surface area is 52.6 Å². The van der Waals surface area contributed by atoms with Gasteiger partial charge in [0.25, 0.3) is 0 Å². The van der Waals surface area contributed by atoms with E-state index in [2.05, 4.69) is 0 Å². The summed E-state index contributed by atoms with van der Waals surface area (Å²) in [5, 5.41) is 0. The highest BCUT2D eigenvalue weighted by Crippen LogP contribution is 1.95. The molecule has 0 unspecified atom stereocenters. The predicted molar refractivity (Wildman–Crippen MR) is 35.9 cm³/mol. The summed E-state index contributed by atoms with van der Waals surface area (Å²) in [5.74, 6) is 0.412. The molecule has 0 N–H and O–H groups in total. The van der Waals surface area contributed by atoms with Crippen molar-refractivity contribution >= 4 is 5.78 Å². The number of hydrogen-bond acceptors (Lipinski definition) is 1. The Bertz CT molecular complexity index is 63.3. The minimum atomic E-state index is 0. The highest BCUT2D eigenvalue weighted by Gasteiger charge is 1.94. The molecule has 0 atom stereocenters. The number of ketones is 1. The average Bonchev–Trinajstić information content (AvgIpc) is 1.68.